The van der Waals surface area contributed by atoms with Crippen molar-refractivity contribution < 1.29 is 17.9 Å². The highest BCUT2D eigenvalue weighted by atomic mass is 79.9. The monoisotopic (exact) mass is 316 g/mol. The third-order valence-corrected chi connectivity index (χ3v) is 2.89. The van der Waals surface area contributed by atoms with Gasteiger partial charge in [-0.2, -0.15) is 0 Å². The molecule has 0 saturated heterocycles. The van der Waals surface area contributed by atoms with E-state index >= 15 is 0 Å². The first-order valence-electron chi connectivity index (χ1n) is 5.08. The highest BCUT2D eigenvalue weighted by Gasteiger charge is 2.10. The van der Waals surface area contributed by atoms with Crippen molar-refractivity contribution in [2.75, 3.05) is 0 Å². The normalized spacial score (nSPS) is 10.4. The highest BCUT2D eigenvalue weighted by molar-refractivity contribution is 9.08. The lowest BCUT2D eigenvalue weighted by Gasteiger charge is -2.10. The zero-order valence-electron chi connectivity index (χ0n) is 9.09. The standard InChI is InChI=1S/C13H8BrF3O/c14-7-9-10(15)2-1-3-13(9)18-8-4-5-11(16)12(17)6-8/h1-6H,7H2. The van der Waals surface area contributed by atoms with Gasteiger partial charge in [0, 0.05) is 17.0 Å². The quantitative estimate of drug-likeness (QED) is 0.740. The number of ether oxygens (including phenoxy) is 1. The zero-order chi connectivity index (χ0) is 13.1. The fourth-order valence-electron chi connectivity index (χ4n) is 1.43. The lowest BCUT2D eigenvalue weighted by atomic mass is 10.2. The molecule has 1 nitrogen and oxygen atoms in total. The predicted octanol–water partition coefficient (Wildman–Crippen LogP) is 4.79. The Morgan fingerprint density at radius 1 is 0.944 bits per heavy atom. The van der Waals surface area contributed by atoms with Gasteiger partial charge in [-0.05, 0) is 24.3 Å². The van der Waals surface area contributed by atoms with Crippen LogP contribution in [-0.4, -0.2) is 0 Å². The van der Waals surface area contributed by atoms with Gasteiger partial charge in [0.15, 0.2) is 11.6 Å². The van der Waals surface area contributed by atoms with E-state index in [0.717, 1.165) is 12.1 Å². The lowest BCUT2D eigenvalue weighted by molar-refractivity contribution is 0.454. The molecule has 5 heteroatoms. The molecule has 0 atom stereocenters. The maximum absolute atomic E-state index is 13.5. The molecule has 2 aromatic carbocycles. The Bertz CT molecular complexity index is 572. The summed E-state index contributed by atoms with van der Waals surface area (Å²) in [5, 5.41) is 0.263. The SMILES string of the molecule is Fc1ccc(Oc2cccc(F)c2CBr)cc1F. The van der Waals surface area contributed by atoms with E-state index in [1.807, 2.05) is 0 Å². The second-order valence-electron chi connectivity index (χ2n) is 3.53. The summed E-state index contributed by atoms with van der Waals surface area (Å²) in [5.74, 6) is -2.02. The lowest BCUT2D eigenvalue weighted by Crippen LogP contribution is -1.94. The van der Waals surface area contributed by atoms with E-state index in [0.29, 0.717) is 5.56 Å². The largest absolute Gasteiger partial charge is 0.457 e. The minimum Gasteiger partial charge on any atom is -0.457 e. The number of alkyl halides is 1. The van der Waals surface area contributed by atoms with Gasteiger partial charge in [-0.15, -0.1) is 0 Å². The number of hydrogen-bond donors (Lipinski definition) is 0. The molecule has 0 spiro atoms. The van der Waals surface area contributed by atoms with Crippen LogP contribution in [-0.2, 0) is 5.33 Å². The molecule has 0 unspecified atom stereocenters. The number of halogens is 4. The molecular weight excluding hydrogens is 309 g/mol. The molecule has 0 heterocycles. The molecule has 0 N–H and O–H groups in total. The van der Waals surface area contributed by atoms with Gasteiger partial charge in [-0.3, -0.25) is 0 Å². The Morgan fingerprint density at radius 2 is 1.72 bits per heavy atom. The maximum atomic E-state index is 13.5. The molecule has 0 saturated carbocycles. The van der Waals surface area contributed by atoms with Gasteiger partial charge in [0.25, 0.3) is 0 Å². The minimum absolute atomic E-state index is 0.113. The molecule has 0 aliphatic carbocycles. The Balaban J connectivity index is 2.34. The molecule has 2 aromatic rings. The van der Waals surface area contributed by atoms with E-state index in [9.17, 15) is 13.2 Å². The van der Waals surface area contributed by atoms with Crippen LogP contribution in [0.1, 0.15) is 5.56 Å². The number of benzene rings is 2. The number of rotatable bonds is 3. The summed E-state index contributed by atoms with van der Waals surface area (Å²) in [6, 6.07) is 7.49. The Labute approximate surface area is 110 Å². The van der Waals surface area contributed by atoms with Crippen molar-refractivity contribution in [1.82, 2.24) is 0 Å². The van der Waals surface area contributed by atoms with Crippen LogP contribution in [0.15, 0.2) is 36.4 Å². The summed E-state index contributed by atoms with van der Waals surface area (Å²) >= 11 is 3.14. The summed E-state index contributed by atoms with van der Waals surface area (Å²) in [5.41, 5.74) is 0.322. The topological polar surface area (TPSA) is 9.23 Å². The van der Waals surface area contributed by atoms with Crippen molar-refractivity contribution in [2.24, 2.45) is 0 Å². The summed E-state index contributed by atoms with van der Waals surface area (Å²) in [6.07, 6.45) is 0. The van der Waals surface area contributed by atoms with Crippen molar-refractivity contribution in [2.45, 2.75) is 5.33 Å². The Kier molecular flexibility index (Phi) is 3.91. The summed E-state index contributed by atoms with van der Waals surface area (Å²) in [4.78, 5) is 0. The second-order valence-corrected chi connectivity index (χ2v) is 4.09. The molecule has 0 bridgehead atoms. The predicted molar refractivity (Wildman–Crippen MR) is 65.5 cm³/mol. The molecule has 0 fully saturated rings. The van der Waals surface area contributed by atoms with Gasteiger partial charge in [-0.1, -0.05) is 22.0 Å². The maximum Gasteiger partial charge on any atom is 0.162 e. The van der Waals surface area contributed by atoms with E-state index in [1.54, 1.807) is 6.07 Å². The van der Waals surface area contributed by atoms with Gasteiger partial charge < -0.3 is 4.74 Å². The summed E-state index contributed by atoms with van der Waals surface area (Å²) < 4.78 is 44.5. The molecule has 0 aliphatic heterocycles. The van der Waals surface area contributed by atoms with Crippen LogP contribution in [0.5, 0.6) is 11.5 Å². The smallest absolute Gasteiger partial charge is 0.162 e. The van der Waals surface area contributed by atoms with Gasteiger partial charge >= 0.3 is 0 Å². The molecule has 0 radical (unpaired) electrons. The van der Waals surface area contributed by atoms with E-state index in [4.69, 9.17) is 4.74 Å². The van der Waals surface area contributed by atoms with Crippen LogP contribution in [0.3, 0.4) is 0 Å². The third kappa shape index (κ3) is 2.67. The van der Waals surface area contributed by atoms with Gasteiger partial charge in [0.05, 0.1) is 0 Å². The molecule has 18 heavy (non-hydrogen) atoms. The van der Waals surface area contributed by atoms with Gasteiger partial charge in [-0.25, -0.2) is 13.2 Å². The van der Waals surface area contributed by atoms with Crippen LogP contribution >= 0.6 is 15.9 Å². The molecule has 2 rings (SSSR count). The van der Waals surface area contributed by atoms with E-state index < -0.39 is 17.5 Å². The molecule has 0 aromatic heterocycles. The molecular formula is C13H8BrF3O. The van der Waals surface area contributed by atoms with E-state index in [1.165, 1.54) is 18.2 Å². The van der Waals surface area contributed by atoms with E-state index in [-0.39, 0.29) is 16.8 Å². The van der Waals surface area contributed by atoms with Crippen molar-refractivity contribution in [1.29, 1.82) is 0 Å². The average Bonchev–Trinajstić information content (AvgIpc) is 2.34. The Hall–Kier alpha value is -1.49. The second kappa shape index (κ2) is 5.44. The van der Waals surface area contributed by atoms with Gasteiger partial charge in [0.1, 0.15) is 17.3 Å². The van der Waals surface area contributed by atoms with Gasteiger partial charge in [0.2, 0.25) is 0 Å². The average molecular weight is 317 g/mol. The Morgan fingerprint density at radius 3 is 2.39 bits per heavy atom. The summed E-state index contributed by atoms with van der Waals surface area (Å²) in [6.45, 7) is 0. The molecule has 94 valence electrons. The van der Waals surface area contributed by atoms with Crippen LogP contribution in [0.25, 0.3) is 0 Å². The van der Waals surface area contributed by atoms with Crippen molar-refractivity contribution in [3.8, 4) is 11.5 Å². The van der Waals surface area contributed by atoms with Crippen LogP contribution < -0.4 is 4.74 Å². The van der Waals surface area contributed by atoms with Crippen molar-refractivity contribution in [3.63, 3.8) is 0 Å². The zero-order valence-corrected chi connectivity index (χ0v) is 10.7. The molecule has 0 amide bonds. The van der Waals surface area contributed by atoms with Crippen molar-refractivity contribution in [3.05, 3.63) is 59.4 Å². The highest BCUT2D eigenvalue weighted by Crippen LogP contribution is 2.29. The van der Waals surface area contributed by atoms with E-state index in [2.05, 4.69) is 15.9 Å². The minimum atomic E-state index is -1.01. The van der Waals surface area contributed by atoms with Crippen molar-refractivity contribution >= 4 is 15.9 Å². The first kappa shape index (κ1) is 13.0. The van der Waals surface area contributed by atoms with Crippen LogP contribution in [0.2, 0.25) is 0 Å². The molecule has 0 aliphatic rings. The van der Waals surface area contributed by atoms with Crippen LogP contribution in [0, 0.1) is 17.5 Å². The fraction of sp³-hybridized carbons (Fsp3) is 0.0769. The first-order chi connectivity index (χ1) is 8.61. The number of hydrogen-bond acceptors (Lipinski definition) is 1. The third-order valence-electron chi connectivity index (χ3n) is 2.33. The first-order valence-corrected chi connectivity index (χ1v) is 6.20. The fourth-order valence-corrected chi connectivity index (χ4v) is 1.98. The summed E-state index contributed by atoms with van der Waals surface area (Å²) in [7, 11) is 0. The van der Waals surface area contributed by atoms with Crippen LogP contribution in [0.4, 0.5) is 13.2 Å².